The lowest BCUT2D eigenvalue weighted by Gasteiger charge is -2.09. The van der Waals surface area contributed by atoms with Gasteiger partial charge in [-0.2, -0.15) is 5.10 Å². The second-order valence-corrected chi connectivity index (χ2v) is 6.15. The van der Waals surface area contributed by atoms with Crippen LogP contribution in [0.3, 0.4) is 0 Å². The third kappa shape index (κ3) is 3.43. The zero-order valence-corrected chi connectivity index (χ0v) is 15.8. The predicted octanol–water partition coefficient (Wildman–Crippen LogP) is 3.01. The second kappa shape index (κ2) is 7.51. The van der Waals surface area contributed by atoms with Gasteiger partial charge in [-0.15, -0.1) is 0 Å². The molecular formula is C18H19N5O5. The van der Waals surface area contributed by atoms with Gasteiger partial charge in [0.25, 0.3) is 5.91 Å². The number of hydrogen-bond acceptors (Lipinski definition) is 7. The standard InChI is InChI=1S/C18H19N5O5/c1-10-17(23(25)26)11(2)22(20-10)9-13-12(3)28-21-16(13)18(24)19-14-7-5-6-8-15(14)27-4/h5-8H,9H2,1-4H3,(H,19,24). The van der Waals surface area contributed by atoms with Gasteiger partial charge in [-0.05, 0) is 32.9 Å². The maximum Gasteiger partial charge on any atom is 0.312 e. The van der Waals surface area contributed by atoms with E-state index in [2.05, 4.69) is 15.6 Å². The van der Waals surface area contributed by atoms with Gasteiger partial charge in [0.15, 0.2) is 5.69 Å². The Labute approximate surface area is 160 Å². The predicted molar refractivity (Wildman–Crippen MR) is 99.6 cm³/mol. The molecule has 10 nitrogen and oxygen atoms in total. The Morgan fingerprint density at radius 3 is 2.68 bits per heavy atom. The summed E-state index contributed by atoms with van der Waals surface area (Å²) >= 11 is 0. The Hall–Kier alpha value is -3.69. The first kappa shape index (κ1) is 19.1. The van der Waals surface area contributed by atoms with Crippen molar-refractivity contribution >= 4 is 17.3 Å². The maximum absolute atomic E-state index is 12.7. The minimum absolute atomic E-state index is 0.0471. The number of aryl methyl sites for hydroxylation is 2. The van der Waals surface area contributed by atoms with Crippen LogP contribution in [0.15, 0.2) is 28.8 Å². The van der Waals surface area contributed by atoms with Crippen LogP contribution < -0.4 is 10.1 Å². The Bertz CT molecular complexity index is 1050. The molecular weight excluding hydrogens is 366 g/mol. The largest absolute Gasteiger partial charge is 0.495 e. The van der Waals surface area contributed by atoms with E-state index in [-0.39, 0.29) is 17.9 Å². The van der Waals surface area contributed by atoms with Crippen molar-refractivity contribution in [2.24, 2.45) is 0 Å². The summed E-state index contributed by atoms with van der Waals surface area (Å²) in [6.45, 7) is 4.96. The monoisotopic (exact) mass is 385 g/mol. The normalized spacial score (nSPS) is 10.7. The van der Waals surface area contributed by atoms with E-state index < -0.39 is 10.8 Å². The van der Waals surface area contributed by atoms with E-state index in [0.29, 0.717) is 34.1 Å². The highest BCUT2D eigenvalue weighted by Crippen LogP contribution is 2.26. The van der Waals surface area contributed by atoms with Gasteiger partial charge in [-0.1, -0.05) is 17.3 Å². The van der Waals surface area contributed by atoms with Crippen LogP contribution in [0.1, 0.15) is 33.2 Å². The summed E-state index contributed by atoms with van der Waals surface area (Å²) in [6.07, 6.45) is 0. The van der Waals surface area contributed by atoms with Crippen molar-refractivity contribution in [1.29, 1.82) is 0 Å². The number of nitrogens with one attached hydrogen (secondary N) is 1. The van der Waals surface area contributed by atoms with E-state index in [0.717, 1.165) is 0 Å². The summed E-state index contributed by atoms with van der Waals surface area (Å²) in [5, 5.41) is 22.0. The third-order valence-electron chi connectivity index (χ3n) is 4.39. The summed E-state index contributed by atoms with van der Waals surface area (Å²) in [4.78, 5) is 23.5. The molecule has 2 aromatic heterocycles. The van der Waals surface area contributed by atoms with Gasteiger partial charge in [0.05, 0.1) is 24.3 Å². The molecule has 1 amide bonds. The topological polar surface area (TPSA) is 125 Å². The Kier molecular flexibility index (Phi) is 5.12. The number of aromatic nitrogens is 3. The molecule has 0 aliphatic heterocycles. The Morgan fingerprint density at radius 1 is 1.32 bits per heavy atom. The summed E-state index contributed by atoms with van der Waals surface area (Å²) in [6, 6.07) is 6.98. The smallest absolute Gasteiger partial charge is 0.312 e. The van der Waals surface area contributed by atoms with Crippen LogP contribution in [0.4, 0.5) is 11.4 Å². The molecule has 0 aliphatic rings. The number of amides is 1. The van der Waals surface area contributed by atoms with Gasteiger partial charge in [0.2, 0.25) is 0 Å². The van der Waals surface area contributed by atoms with E-state index >= 15 is 0 Å². The summed E-state index contributed by atoms with van der Waals surface area (Å²) in [5.41, 5.74) is 1.71. The van der Waals surface area contributed by atoms with Crippen molar-refractivity contribution < 1.29 is 19.0 Å². The molecule has 1 aromatic carbocycles. The average molecular weight is 385 g/mol. The average Bonchev–Trinajstić information content (AvgIpc) is 3.15. The lowest BCUT2D eigenvalue weighted by Crippen LogP contribution is -2.17. The minimum Gasteiger partial charge on any atom is -0.495 e. The summed E-state index contributed by atoms with van der Waals surface area (Å²) in [5.74, 6) is 0.458. The van der Waals surface area contributed by atoms with Gasteiger partial charge in [-0.3, -0.25) is 19.6 Å². The second-order valence-electron chi connectivity index (χ2n) is 6.15. The molecule has 0 bridgehead atoms. The van der Waals surface area contributed by atoms with Crippen LogP contribution in [-0.4, -0.2) is 32.9 Å². The molecule has 1 N–H and O–H groups in total. The number of benzene rings is 1. The van der Waals surface area contributed by atoms with E-state index in [9.17, 15) is 14.9 Å². The number of nitrogens with zero attached hydrogens (tertiary/aromatic N) is 4. The number of hydrogen-bond donors (Lipinski definition) is 1. The highest BCUT2D eigenvalue weighted by Gasteiger charge is 2.26. The van der Waals surface area contributed by atoms with Crippen molar-refractivity contribution in [2.75, 3.05) is 12.4 Å². The van der Waals surface area contributed by atoms with E-state index in [4.69, 9.17) is 9.26 Å². The zero-order chi connectivity index (χ0) is 20.4. The molecule has 3 aromatic rings. The number of carbonyl (C=O) groups is 1. The summed E-state index contributed by atoms with van der Waals surface area (Å²) in [7, 11) is 1.51. The third-order valence-corrected chi connectivity index (χ3v) is 4.39. The lowest BCUT2D eigenvalue weighted by molar-refractivity contribution is -0.386. The van der Waals surface area contributed by atoms with Crippen LogP contribution in [0.2, 0.25) is 0 Å². The number of anilines is 1. The number of methoxy groups -OCH3 is 1. The molecule has 10 heteroatoms. The van der Waals surface area contributed by atoms with Gasteiger partial charge in [0.1, 0.15) is 22.9 Å². The quantitative estimate of drug-likeness (QED) is 0.510. The van der Waals surface area contributed by atoms with Crippen molar-refractivity contribution in [2.45, 2.75) is 27.3 Å². The van der Waals surface area contributed by atoms with E-state index in [1.165, 1.54) is 11.8 Å². The zero-order valence-electron chi connectivity index (χ0n) is 15.8. The highest BCUT2D eigenvalue weighted by molar-refractivity contribution is 6.04. The van der Waals surface area contributed by atoms with Crippen molar-refractivity contribution in [3.63, 3.8) is 0 Å². The lowest BCUT2D eigenvalue weighted by atomic mass is 10.1. The van der Waals surface area contributed by atoms with Crippen LogP contribution >= 0.6 is 0 Å². The molecule has 146 valence electrons. The minimum atomic E-state index is -0.479. The first-order valence-electron chi connectivity index (χ1n) is 8.41. The molecule has 0 fully saturated rings. The van der Waals surface area contributed by atoms with Crippen LogP contribution in [-0.2, 0) is 6.54 Å². The first-order chi connectivity index (χ1) is 13.3. The molecule has 0 unspecified atom stereocenters. The fourth-order valence-electron chi connectivity index (χ4n) is 2.94. The molecule has 3 rings (SSSR count). The summed E-state index contributed by atoms with van der Waals surface area (Å²) < 4.78 is 11.9. The van der Waals surface area contributed by atoms with Gasteiger partial charge in [0, 0.05) is 5.56 Å². The van der Waals surface area contributed by atoms with Crippen molar-refractivity contribution in [3.05, 3.63) is 62.8 Å². The Morgan fingerprint density at radius 2 is 2.04 bits per heavy atom. The van der Waals surface area contributed by atoms with Crippen LogP contribution in [0, 0.1) is 30.9 Å². The van der Waals surface area contributed by atoms with E-state index in [1.54, 1.807) is 45.0 Å². The molecule has 0 aliphatic carbocycles. The van der Waals surface area contributed by atoms with Crippen molar-refractivity contribution in [1.82, 2.24) is 14.9 Å². The maximum atomic E-state index is 12.7. The van der Waals surface area contributed by atoms with Crippen molar-refractivity contribution in [3.8, 4) is 5.75 Å². The highest BCUT2D eigenvalue weighted by atomic mass is 16.6. The Balaban J connectivity index is 1.91. The first-order valence-corrected chi connectivity index (χ1v) is 8.41. The molecule has 2 heterocycles. The SMILES string of the molecule is COc1ccccc1NC(=O)c1noc(C)c1Cn1nc(C)c([N+](=O)[O-])c1C. The molecule has 0 saturated heterocycles. The number of rotatable bonds is 6. The number of nitro groups is 1. The van der Waals surface area contributed by atoms with E-state index in [1.807, 2.05) is 0 Å². The number of carbonyl (C=O) groups excluding carboxylic acids is 1. The molecule has 0 saturated carbocycles. The fraction of sp³-hybridized carbons (Fsp3) is 0.278. The van der Waals surface area contributed by atoms with Gasteiger partial charge >= 0.3 is 5.69 Å². The number of ether oxygens (including phenoxy) is 1. The number of para-hydroxylation sites is 2. The fourth-order valence-corrected chi connectivity index (χ4v) is 2.94. The van der Waals surface area contributed by atoms with Crippen LogP contribution in [0.5, 0.6) is 5.75 Å². The van der Waals surface area contributed by atoms with Crippen LogP contribution in [0.25, 0.3) is 0 Å². The molecule has 0 spiro atoms. The van der Waals surface area contributed by atoms with Gasteiger partial charge in [-0.25, -0.2) is 0 Å². The molecule has 0 atom stereocenters. The molecule has 0 radical (unpaired) electrons. The molecule has 28 heavy (non-hydrogen) atoms. The van der Waals surface area contributed by atoms with Gasteiger partial charge < -0.3 is 14.6 Å².